The van der Waals surface area contributed by atoms with Crippen molar-refractivity contribution in [1.82, 2.24) is 4.57 Å². The molecule has 1 aromatic heterocycles. The van der Waals surface area contributed by atoms with Crippen molar-refractivity contribution < 1.29 is 27.6 Å². The summed E-state index contributed by atoms with van der Waals surface area (Å²) in [5, 5.41) is 19.4. The Labute approximate surface area is 148 Å². The summed E-state index contributed by atoms with van der Waals surface area (Å²) < 4.78 is 44.5. The summed E-state index contributed by atoms with van der Waals surface area (Å²) >= 11 is 5.88. The molecule has 136 valence electrons. The van der Waals surface area contributed by atoms with Crippen LogP contribution in [-0.2, 0) is 10.9 Å². The normalized spacial score (nSPS) is 11.1. The van der Waals surface area contributed by atoms with Crippen molar-refractivity contribution in [3.8, 4) is 11.8 Å². The minimum absolute atomic E-state index is 0.249. The van der Waals surface area contributed by atoms with E-state index in [0.717, 1.165) is 17.9 Å². The number of nitrogen functional groups attached to an aromatic ring is 1. The fraction of sp³-hybridized carbons (Fsp3) is 0.143. The molecule has 8 nitrogen and oxygen atoms in total. The molecule has 0 radical (unpaired) electrons. The van der Waals surface area contributed by atoms with Gasteiger partial charge in [-0.05, 0) is 6.07 Å². The van der Waals surface area contributed by atoms with Crippen molar-refractivity contribution in [2.45, 2.75) is 6.18 Å². The topological polar surface area (TPSA) is 124 Å². The molecule has 0 unspecified atom stereocenters. The van der Waals surface area contributed by atoms with Crippen LogP contribution in [0.3, 0.4) is 0 Å². The van der Waals surface area contributed by atoms with Crippen molar-refractivity contribution >= 4 is 28.9 Å². The number of hydrogen-bond acceptors (Lipinski definition) is 6. The number of anilines is 1. The third-order valence-corrected chi connectivity index (χ3v) is 3.75. The van der Waals surface area contributed by atoms with E-state index in [9.17, 15) is 28.1 Å². The number of nitriles is 1. The number of alkyl halides is 3. The summed E-state index contributed by atoms with van der Waals surface area (Å²) in [5.74, 6) is -1.07. The molecule has 1 heterocycles. The predicted molar refractivity (Wildman–Crippen MR) is 82.9 cm³/mol. The highest BCUT2D eigenvalue weighted by Crippen LogP contribution is 2.40. The average Bonchev–Trinajstić information content (AvgIpc) is 2.89. The molecule has 2 rings (SSSR count). The maximum Gasteiger partial charge on any atom is 0.416 e. The van der Waals surface area contributed by atoms with Gasteiger partial charge in [-0.1, -0.05) is 11.6 Å². The van der Waals surface area contributed by atoms with Gasteiger partial charge < -0.3 is 15.0 Å². The minimum atomic E-state index is -4.92. The number of esters is 1. The van der Waals surface area contributed by atoms with E-state index in [1.807, 2.05) is 0 Å². The first-order chi connectivity index (χ1) is 12.0. The van der Waals surface area contributed by atoms with Crippen LogP contribution in [0.4, 0.5) is 24.5 Å². The van der Waals surface area contributed by atoms with Gasteiger partial charge in [0.25, 0.3) is 5.69 Å². The Morgan fingerprint density at radius 2 is 2.08 bits per heavy atom. The minimum Gasteiger partial charge on any atom is -0.464 e. The SMILES string of the molecule is COC(=O)c1c(N)c(C#N)cn1-c1cc(C(F)(F)F)cc([N+](=O)[O-])c1Cl. The van der Waals surface area contributed by atoms with Crippen LogP contribution in [0.5, 0.6) is 0 Å². The zero-order valence-corrected chi connectivity index (χ0v) is 13.6. The summed E-state index contributed by atoms with van der Waals surface area (Å²) in [6.45, 7) is 0. The fourth-order valence-electron chi connectivity index (χ4n) is 2.17. The molecule has 0 amide bonds. The van der Waals surface area contributed by atoms with E-state index in [1.165, 1.54) is 0 Å². The lowest BCUT2D eigenvalue weighted by Gasteiger charge is -2.14. The van der Waals surface area contributed by atoms with Gasteiger partial charge in [0.15, 0.2) is 5.69 Å². The van der Waals surface area contributed by atoms with Crippen molar-refractivity contribution in [1.29, 1.82) is 5.26 Å². The number of halogens is 4. The fourth-order valence-corrected chi connectivity index (χ4v) is 2.44. The van der Waals surface area contributed by atoms with Crippen LogP contribution in [0.1, 0.15) is 21.6 Å². The van der Waals surface area contributed by atoms with Crippen LogP contribution in [-0.4, -0.2) is 22.6 Å². The summed E-state index contributed by atoms with van der Waals surface area (Å²) in [4.78, 5) is 21.9. The largest absolute Gasteiger partial charge is 0.464 e. The molecule has 0 aliphatic heterocycles. The number of ether oxygens (including phenoxy) is 1. The van der Waals surface area contributed by atoms with E-state index in [4.69, 9.17) is 22.6 Å². The molecule has 12 heteroatoms. The van der Waals surface area contributed by atoms with Gasteiger partial charge in [-0.2, -0.15) is 18.4 Å². The maximum absolute atomic E-state index is 13.1. The smallest absolute Gasteiger partial charge is 0.416 e. The Bertz CT molecular complexity index is 963. The first-order valence-corrected chi connectivity index (χ1v) is 6.95. The summed E-state index contributed by atoms with van der Waals surface area (Å²) in [6, 6.07) is 2.42. The molecule has 26 heavy (non-hydrogen) atoms. The monoisotopic (exact) mass is 388 g/mol. The third kappa shape index (κ3) is 3.14. The van der Waals surface area contributed by atoms with Crippen molar-refractivity contribution in [3.63, 3.8) is 0 Å². The van der Waals surface area contributed by atoms with Gasteiger partial charge in [0.1, 0.15) is 11.1 Å². The van der Waals surface area contributed by atoms with Crippen LogP contribution in [0, 0.1) is 21.4 Å². The highest BCUT2D eigenvalue weighted by atomic mass is 35.5. The Hall–Kier alpha value is -3.26. The molecule has 0 saturated carbocycles. The van der Waals surface area contributed by atoms with Crippen LogP contribution in [0.15, 0.2) is 18.3 Å². The number of nitro groups is 1. The average molecular weight is 389 g/mol. The molecular weight excluding hydrogens is 381 g/mol. The zero-order valence-electron chi connectivity index (χ0n) is 12.8. The first-order valence-electron chi connectivity index (χ1n) is 6.57. The number of rotatable bonds is 3. The van der Waals surface area contributed by atoms with Gasteiger partial charge in [0, 0.05) is 12.3 Å². The van der Waals surface area contributed by atoms with Gasteiger partial charge in [0.05, 0.1) is 34.5 Å². The number of benzene rings is 1. The van der Waals surface area contributed by atoms with Gasteiger partial charge >= 0.3 is 12.1 Å². The quantitative estimate of drug-likeness (QED) is 0.488. The number of nitrogens with zero attached hydrogens (tertiary/aromatic N) is 3. The molecular formula is C14H8ClF3N4O4. The summed E-state index contributed by atoms with van der Waals surface area (Å²) in [7, 11) is 0.987. The number of hydrogen-bond donors (Lipinski definition) is 1. The van der Waals surface area contributed by atoms with Gasteiger partial charge in [-0.25, -0.2) is 4.79 Å². The van der Waals surface area contributed by atoms with Crippen LogP contribution < -0.4 is 5.73 Å². The number of nitrogens with two attached hydrogens (primary N) is 1. The Morgan fingerprint density at radius 1 is 1.46 bits per heavy atom. The molecule has 0 aliphatic carbocycles. The molecule has 1 aromatic carbocycles. The lowest BCUT2D eigenvalue weighted by Crippen LogP contribution is -2.13. The standard InChI is InChI=1S/C14H8ClF3N4O4/c1-26-13(23)12-11(20)6(4-19)5-21(12)8-2-7(14(16,17)18)3-9(10(8)15)22(24)25/h2-3,5H,20H2,1H3. The highest BCUT2D eigenvalue weighted by molar-refractivity contribution is 6.34. The maximum atomic E-state index is 13.1. The Balaban J connectivity index is 2.93. The molecule has 0 bridgehead atoms. The van der Waals surface area contributed by atoms with Crippen LogP contribution in [0.2, 0.25) is 5.02 Å². The van der Waals surface area contributed by atoms with E-state index in [2.05, 4.69) is 4.74 Å². The number of nitro benzene ring substituents is 1. The molecule has 0 aliphatic rings. The van der Waals surface area contributed by atoms with Crippen molar-refractivity contribution in [3.05, 3.63) is 50.3 Å². The van der Waals surface area contributed by atoms with Gasteiger partial charge in [-0.15, -0.1) is 0 Å². The molecule has 2 aromatic rings. The molecule has 0 saturated heterocycles. The van der Waals surface area contributed by atoms with E-state index < -0.39 is 44.7 Å². The predicted octanol–water partition coefficient (Wildman–Crippen LogP) is 3.30. The number of carbonyl (C=O) groups excluding carboxylic acids is 1. The van der Waals surface area contributed by atoms with Gasteiger partial charge in [-0.3, -0.25) is 10.1 Å². The molecule has 0 spiro atoms. The molecule has 0 atom stereocenters. The van der Waals surface area contributed by atoms with Gasteiger partial charge in [0.2, 0.25) is 0 Å². The molecule has 0 fully saturated rings. The third-order valence-electron chi connectivity index (χ3n) is 3.36. The van der Waals surface area contributed by atoms with E-state index >= 15 is 0 Å². The first kappa shape index (κ1) is 19.1. The number of carbonyl (C=O) groups is 1. The number of aromatic nitrogens is 1. The number of methoxy groups -OCH3 is 1. The Kier molecular flexibility index (Phi) is 4.82. The second-order valence-electron chi connectivity index (χ2n) is 4.86. The van der Waals surface area contributed by atoms with Crippen LogP contribution in [0.25, 0.3) is 5.69 Å². The van der Waals surface area contributed by atoms with Crippen molar-refractivity contribution in [2.75, 3.05) is 12.8 Å². The molecule has 2 N–H and O–H groups in total. The van der Waals surface area contributed by atoms with E-state index in [1.54, 1.807) is 6.07 Å². The lowest BCUT2D eigenvalue weighted by atomic mass is 10.1. The van der Waals surface area contributed by atoms with E-state index in [0.29, 0.717) is 6.07 Å². The Morgan fingerprint density at radius 3 is 2.54 bits per heavy atom. The summed E-state index contributed by atoms with van der Waals surface area (Å²) in [6.07, 6.45) is -3.99. The lowest BCUT2D eigenvalue weighted by molar-refractivity contribution is -0.384. The summed E-state index contributed by atoms with van der Waals surface area (Å²) in [5.41, 5.74) is 1.60. The second-order valence-corrected chi connectivity index (χ2v) is 5.24. The van der Waals surface area contributed by atoms with Crippen molar-refractivity contribution in [2.24, 2.45) is 0 Å². The zero-order chi connectivity index (χ0) is 19.8. The van der Waals surface area contributed by atoms with Crippen LogP contribution >= 0.6 is 11.6 Å². The second kappa shape index (κ2) is 6.57. The highest BCUT2D eigenvalue weighted by Gasteiger charge is 2.35. The van der Waals surface area contributed by atoms with E-state index in [-0.39, 0.29) is 17.3 Å².